The van der Waals surface area contributed by atoms with Crippen LogP contribution in [0.3, 0.4) is 0 Å². The standard InChI is InChI=1S/C10H12N2O2S/c13-8-5-9(14)12(7-3-4-7)10(15)11(8)6-1-2-6/h6-7H,1-5H2. The minimum absolute atomic E-state index is 0.00708. The Morgan fingerprint density at radius 2 is 1.33 bits per heavy atom. The summed E-state index contributed by atoms with van der Waals surface area (Å²) in [5, 5.41) is 0.459. The molecule has 2 aliphatic carbocycles. The van der Waals surface area contributed by atoms with Gasteiger partial charge in [-0.25, -0.2) is 0 Å². The minimum atomic E-state index is -0.107. The number of amides is 2. The van der Waals surface area contributed by atoms with Gasteiger partial charge in [-0.15, -0.1) is 0 Å². The first-order valence-electron chi connectivity index (χ1n) is 5.36. The maximum Gasteiger partial charge on any atom is 0.238 e. The van der Waals surface area contributed by atoms with Gasteiger partial charge < -0.3 is 0 Å². The first-order chi connectivity index (χ1) is 7.18. The molecule has 3 aliphatic rings. The molecule has 1 heterocycles. The summed E-state index contributed by atoms with van der Waals surface area (Å²) in [5.74, 6) is -0.214. The van der Waals surface area contributed by atoms with Crippen LogP contribution in [-0.2, 0) is 9.59 Å². The van der Waals surface area contributed by atoms with Gasteiger partial charge in [0.1, 0.15) is 6.42 Å². The molecule has 0 aromatic rings. The first-order valence-corrected chi connectivity index (χ1v) is 5.77. The van der Waals surface area contributed by atoms with Crippen LogP contribution in [0.1, 0.15) is 32.1 Å². The van der Waals surface area contributed by atoms with E-state index in [0.717, 1.165) is 25.7 Å². The fourth-order valence-electron chi connectivity index (χ4n) is 2.01. The lowest BCUT2D eigenvalue weighted by Gasteiger charge is -2.35. The van der Waals surface area contributed by atoms with E-state index >= 15 is 0 Å². The Labute approximate surface area is 93.2 Å². The Bertz CT molecular complexity index is 328. The number of hydrogen-bond acceptors (Lipinski definition) is 3. The maximum atomic E-state index is 11.7. The Balaban J connectivity index is 1.86. The van der Waals surface area contributed by atoms with Gasteiger partial charge >= 0.3 is 0 Å². The van der Waals surface area contributed by atoms with Gasteiger partial charge in [-0.2, -0.15) is 0 Å². The number of rotatable bonds is 2. The maximum absolute atomic E-state index is 11.7. The summed E-state index contributed by atoms with van der Waals surface area (Å²) in [7, 11) is 0. The van der Waals surface area contributed by atoms with Crippen molar-refractivity contribution in [2.75, 3.05) is 0 Å². The van der Waals surface area contributed by atoms with E-state index in [1.807, 2.05) is 0 Å². The molecule has 3 rings (SSSR count). The zero-order chi connectivity index (χ0) is 10.6. The molecule has 4 nitrogen and oxygen atoms in total. The van der Waals surface area contributed by atoms with Crippen molar-refractivity contribution in [3.63, 3.8) is 0 Å². The number of thiocarbonyl (C=S) groups is 1. The molecule has 0 unspecified atom stereocenters. The van der Waals surface area contributed by atoms with Crippen LogP contribution in [0.15, 0.2) is 0 Å². The lowest BCUT2D eigenvalue weighted by atomic mass is 10.2. The van der Waals surface area contributed by atoms with Crippen LogP contribution in [-0.4, -0.2) is 38.8 Å². The summed E-state index contributed by atoms with van der Waals surface area (Å²) >= 11 is 5.25. The molecule has 0 bridgehead atoms. The highest BCUT2D eigenvalue weighted by Gasteiger charge is 2.47. The molecule has 0 spiro atoms. The molecular formula is C10H12N2O2S. The largest absolute Gasteiger partial charge is 0.285 e. The molecule has 2 saturated carbocycles. The zero-order valence-corrected chi connectivity index (χ0v) is 9.13. The van der Waals surface area contributed by atoms with E-state index in [9.17, 15) is 9.59 Å². The van der Waals surface area contributed by atoms with E-state index in [4.69, 9.17) is 12.2 Å². The van der Waals surface area contributed by atoms with Crippen molar-refractivity contribution in [1.29, 1.82) is 0 Å². The first kappa shape index (κ1) is 9.27. The molecule has 0 radical (unpaired) electrons. The molecule has 0 aromatic carbocycles. The average molecular weight is 224 g/mol. The average Bonchev–Trinajstić information content (AvgIpc) is 2.97. The van der Waals surface area contributed by atoms with Crippen molar-refractivity contribution in [3.05, 3.63) is 0 Å². The smallest absolute Gasteiger partial charge is 0.238 e. The van der Waals surface area contributed by atoms with Gasteiger partial charge in [-0.3, -0.25) is 19.4 Å². The van der Waals surface area contributed by atoms with Gasteiger partial charge in [0.2, 0.25) is 11.8 Å². The van der Waals surface area contributed by atoms with Crippen LogP contribution in [0.4, 0.5) is 0 Å². The van der Waals surface area contributed by atoms with Crippen molar-refractivity contribution >= 4 is 29.1 Å². The molecule has 5 heteroatoms. The molecular weight excluding hydrogens is 212 g/mol. The predicted molar refractivity (Wildman–Crippen MR) is 57.0 cm³/mol. The monoisotopic (exact) mass is 224 g/mol. The summed E-state index contributed by atoms with van der Waals surface area (Å²) in [4.78, 5) is 26.7. The van der Waals surface area contributed by atoms with E-state index in [1.165, 1.54) is 0 Å². The molecule has 80 valence electrons. The summed E-state index contributed by atoms with van der Waals surface area (Å²) in [6, 6.07) is 0.554. The Morgan fingerprint density at radius 1 is 0.933 bits per heavy atom. The molecule has 2 amide bonds. The molecule has 1 saturated heterocycles. The predicted octanol–water partition coefficient (Wildman–Crippen LogP) is 0.657. The molecule has 3 fully saturated rings. The lowest BCUT2D eigenvalue weighted by molar-refractivity contribution is -0.140. The summed E-state index contributed by atoms with van der Waals surface area (Å²) in [6.45, 7) is 0. The van der Waals surface area contributed by atoms with Crippen LogP contribution in [0.25, 0.3) is 0 Å². The third kappa shape index (κ3) is 1.45. The summed E-state index contributed by atoms with van der Waals surface area (Å²) in [6.07, 6.45) is 4.11. The highest BCUT2D eigenvalue weighted by Crippen LogP contribution is 2.35. The van der Waals surface area contributed by atoms with Crippen molar-refractivity contribution < 1.29 is 9.59 Å². The topological polar surface area (TPSA) is 40.6 Å². The zero-order valence-electron chi connectivity index (χ0n) is 8.31. The van der Waals surface area contributed by atoms with Gasteiger partial charge in [0, 0.05) is 12.1 Å². The van der Waals surface area contributed by atoms with E-state index in [0.29, 0.717) is 5.11 Å². The van der Waals surface area contributed by atoms with Crippen LogP contribution in [0.5, 0.6) is 0 Å². The minimum Gasteiger partial charge on any atom is -0.285 e. The second-order valence-electron chi connectivity index (χ2n) is 4.45. The normalized spacial score (nSPS) is 27.6. The fraction of sp³-hybridized carbons (Fsp3) is 0.700. The van der Waals surface area contributed by atoms with Gasteiger partial charge in [-0.1, -0.05) is 0 Å². The van der Waals surface area contributed by atoms with Gasteiger partial charge in [0.15, 0.2) is 5.11 Å². The van der Waals surface area contributed by atoms with Gasteiger partial charge in [-0.05, 0) is 37.9 Å². The highest BCUT2D eigenvalue weighted by molar-refractivity contribution is 7.80. The quantitative estimate of drug-likeness (QED) is 0.511. The molecule has 1 aliphatic heterocycles. The van der Waals surface area contributed by atoms with E-state index in [1.54, 1.807) is 9.80 Å². The number of hydrogen-bond donors (Lipinski definition) is 0. The second-order valence-corrected chi connectivity index (χ2v) is 4.81. The third-order valence-electron chi connectivity index (χ3n) is 3.08. The van der Waals surface area contributed by atoms with Crippen LogP contribution in [0, 0.1) is 0 Å². The lowest BCUT2D eigenvalue weighted by Crippen LogP contribution is -2.56. The third-order valence-corrected chi connectivity index (χ3v) is 3.47. The van der Waals surface area contributed by atoms with E-state index in [-0.39, 0.29) is 30.3 Å². The van der Waals surface area contributed by atoms with Crippen molar-refractivity contribution in [2.24, 2.45) is 0 Å². The van der Waals surface area contributed by atoms with Gasteiger partial charge in [0.05, 0.1) is 0 Å². The summed E-state index contributed by atoms with van der Waals surface area (Å²) in [5.41, 5.74) is 0. The van der Waals surface area contributed by atoms with E-state index in [2.05, 4.69) is 0 Å². The Hall–Kier alpha value is -0.970. The molecule has 0 atom stereocenters. The van der Waals surface area contributed by atoms with Crippen LogP contribution in [0.2, 0.25) is 0 Å². The SMILES string of the molecule is O=C1CC(=O)N(C2CC2)C(=S)N1C1CC1. The summed E-state index contributed by atoms with van der Waals surface area (Å²) < 4.78 is 0. The number of nitrogens with zero attached hydrogens (tertiary/aromatic N) is 2. The fourth-order valence-corrected chi connectivity index (χ4v) is 2.52. The molecule has 0 N–H and O–H groups in total. The Kier molecular flexibility index (Phi) is 1.86. The molecule has 0 aromatic heterocycles. The molecule has 15 heavy (non-hydrogen) atoms. The number of carbonyl (C=O) groups excluding carboxylic acids is 2. The van der Waals surface area contributed by atoms with Crippen molar-refractivity contribution in [3.8, 4) is 0 Å². The van der Waals surface area contributed by atoms with Gasteiger partial charge in [0.25, 0.3) is 0 Å². The second kappa shape index (κ2) is 3.01. The van der Waals surface area contributed by atoms with E-state index < -0.39 is 0 Å². The Morgan fingerprint density at radius 3 is 1.67 bits per heavy atom. The van der Waals surface area contributed by atoms with Crippen LogP contribution < -0.4 is 0 Å². The van der Waals surface area contributed by atoms with Crippen molar-refractivity contribution in [1.82, 2.24) is 9.80 Å². The highest BCUT2D eigenvalue weighted by atomic mass is 32.1. The van der Waals surface area contributed by atoms with Crippen molar-refractivity contribution in [2.45, 2.75) is 44.2 Å². The van der Waals surface area contributed by atoms with Crippen LogP contribution >= 0.6 is 12.2 Å². The number of carbonyl (C=O) groups is 2.